The molecule has 0 N–H and O–H groups in total. The van der Waals surface area contributed by atoms with Crippen LogP contribution in [-0.2, 0) is 0 Å². The molecule has 0 saturated carbocycles. The van der Waals surface area contributed by atoms with Gasteiger partial charge >= 0.3 is 0 Å². The van der Waals surface area contributed by atoms with Gasteiger partial charge in [0, 0.05) is 0 Å². The molecule has 1 aromatic carbocycles. The van der Waals surface area contributed by atoms with Crippen LogP contribution in [0.5, 0.6) is 0 Å². The lowest BCUT2D eigenvalue weighted by Gasteiger charge is -2.00. The van der Waals surface area contributed by atoms with E-state index in [4.69, 9.17) is 0 Å². The molecular formula is C12H18. The fraction of sp³-hybridized carbons (Fsp3) is 0.333. The standard InChI is InChI=1S/C11H14.CH4/c1-4-5-11-8-9(2)6-7-10(11)3;/h4-8H,1-3H3;1H4/b5-4-;. The van der Waals surface area contributed by atoms with Crippen molar-refractivity contribution in [1.29, 1.82) is 0 Å². The number of hydrogen-bond acceptors (Lipinski definition) is 0. The second kappa shape index (κ2) is 4.76. The van der Waals surface area contributed by atoms with Crippen molar-refractivity contribution in [3.8, 4) is 0 Å². The Hall–Kier alpha value is -1.04. The summed E-state index contributed by atoms with van der Waals surface area (Å²) >= 11 is 0. The molecule has 0 fully saturated rings. The van der Waals surface area contributed by atoms with Gasteiger partial charge in [-0.3, -0.25) is 0 Å². The van der Waals surface area contributed by atoms with Gasteiger partial charge in [-0.2, -0.15) is 0 Å². The first-order chi connectivity index (χ1) is 5.24. The molecule has 0 unspecified atom stereocenters. The highest BCUT2D eigenvalue weighted by Gasteiger charge is 1.92. The maximum atomic E-state index is 2.20. The Labute approximate surface area is 75.9 Å². The molecule has 0 spiro atoms. The number of rotatable bonds is 1. The fourth-order valence-electron chi connectivity index (χ4n) is 1.12. The number of allylic oxidation sites excluding steroid dienone is 1. The highest BCUT2D eigenvalue weighted by molar-refractivity contribution is 5.54. The van der Waals surface area contributed by atoms with E-state index in [0.717, 1.165) is 0 Å². The van der Waals surface area contributed by atoms with Crippen molar-refractivity contribution in [2.24, 2.45) is 0 Å². The molecule has 0 radical (unpaired) electrons. The minimum atomic E-state index is 0. The minimum absolute atomic E-state index is 0. The van der Waals surface area contributed by atoms with Crippen molar-refractivity contribution in [2.45, 2.75) is 28.2 Å². The van der Waals surface area contributed by atoms with E-state index in [-0.39, 0.29) is 7.43 Å². The van der Waals surface area contributed by atoms with Crippen LogP contribution in [0.1, 0.15) is 31.0 Å². The molecule has 0 heterocycles. The normalized spacial score (nSPS) is 9.92. The van der Waals surface area contributed by atoms with Crippen molar-refractivity contribution in [3.05, 3.63) is 41.0 Å². The van der Waals surface area contributed by atoms with Crippen LogP contribution in [0.2, 0.25) is 0 Å². The van der Waals surface area contributed by atoms with E-state index in [2.05, 4.69) is 44.2 Å². The summed E-state index contributed by atoms with van der Waals surface area (Å²) < 4.78 is 0. The summed E-state index contributed by atoms with van der Waals surface area (Å²) in [5, 5.41) is 0. The molecule has 1 aromatic rings. The van der Waals surface area contributed by atoms with E-state index in [1.165, 1.54) is 16.7 Å². The lowest BCUT2D eigenvalue weighted by molar-refractivity contribution is 1.37. The van der Waals surface area contributed by atoms with Gasteiger partial charge in [0.05, 0.1) is 0 Å². The molecule has 0 bridgehead atoms. The zero-order chi connectivity index (χ0) is 8.27. The first-order valence-electron chi connectivity index (χ1n) is 3.94. The predicted octanol–water partition coefficient (Wildman–Crippen LogP) is 3.97. The Morgan fingerprint density at radius 2 is 1.83 bits per heavy atom. The van der Waals surface area contributed by atoms with Crippen molar-refractivity contribution in [3.63, 3.8) is 0 Å². The average molecular weight is 162 g/mol. The summed E-state index contributed by atoms with van der Waals surface area (Å²) in [5.74, 6) is 0. The van der Waals surface area contributed by atoms with Gasteiger partial charge in [-0.25, -0.2) is 0 Å². The van der Waals surface area contributed by atoms with Gasteiger partial charge in [-0.1, -0.05) is 43.3 Å². The molecule has 66 valence electrons. The molecule has 0 nitrogen and oxygen atoms in total. The molecular weight excluding hydrogens is 144 g/mol. The SMILES string of the molecule is C.C/C=C\c1cc(C)ccc1C. The Bertz CT molecular complexity index is 269. The summed E-state index contributed by atoms with van der Waals surface area (Å²) in [6, 6.07) is 6.50. The lowest BCUT2D eigenvalue weighted by atomic mass is 10.1. The van der Waals surface area contributed by atoms with Crippen LogP contribution in [0, 0.1) is 13.8 Å². The molecule has 0 amide bonds. The number of hydrogen-bond donors (Lipinski definition) is 0. The highest BCUT2D eigenvalue weighted by atomic mass is 14.0. The Balaban J connectivity index is 0.00000121. The second-order valence-electron chi connectivity index (χ2n) is 2.86. The van der Waals surface area contributed by atoms with Crippen LogP contribution in [0.4, 0.5) is 0 Å². The van der Waals surface area contributed by atoms with E-state index in [1.807, 2.05) is 6.92 Å². The highest BCUT2D eigenvalue weighted by Crippen LogP contribution is 2.11. The van der Waals surface area contributed by atoms with Crippen LogP contribution in [0.3, 0.4) is 0 Å². The fourth-order valence-corrected chi connectivity index (χ4v) is 1.12. The van der Waals surface area contributed by atoms with Crippen LogP contribution >= 0.6 is 0 Å². The summed E-state index contributed by atoms with van der Waals surface area (Å²) in [5.41, 5.74) is 3.99. The third-order valence-electron chi connectivity index (χ3n) is 1.78. The molecule has 0 aliphatic rings. The smallest absolute Gasteiger partial charge is 0.0228 e. The van der Waals surface area contributed by atoms with Crippen LogP contribution in [0.25, 0.3) is 6.08 Å². The molecule has 0 aliphatic heterocycles. The second-order valence-corrected chi connectivity index (χ2v) is 2.86. The van der Waals surface area contributed by atoms with Crippen molar-refractivity contribution in [1.82, 2.24) is 0 Å². The molecule has 0 atom stereocenters. The molecule has 1 rings (SSSR count). The van der Waals surface area contributed by atoms with Gasteiger partial charge in [0.1, 0.15) is 0 Å². The van der Waals surface area contributed by atoms with Crippen LogP contribution in [0.15, 0.2) is 24.3 Å². The Kier molecular flexibility index (Phi) is 4.35. The van der Waals surface area contributed by atoms with E-state index in [9.17, 15) is 0 Å². The summed E-state index contributed by atoms with van der Waals surface area (Å²) in [6.07, 6.45) is 4.21. The summed E-state index contributed by atoms with van der Waals surface area (Å²) in [4.78, 5) is 0. The maximum Gasteiger partial charge on any atom is -0.0228 e. The number of aryl methyl sites for hydroxylation is 2. The third kappa shape index (κ3) is 2.54. The van der Waals surface area contributed by atoms with Crippen molar-refractivity contribution >= 4 is 6.08 Å². The number of benzene rings is 1. The van der Waals surface area contributed by atoms with Gasteiger partial charge in [0.2, 0.25) is 0 Å². The van der Waals surface area contributed by atoms with Gasteiger partial charge in [-0.05, 0) is 31.9 Å². The topological polar surface area (TPSA) is 0 Å². The van der Waals surface area contributed by atoms with E-state index >= 15 is 0 Å². The first-order valence-corrected chi connectivity index (χ1v) is 3.94. The molecule has 12 heavy (non-hydrogen) atoms. The molecule has 0 heteroatoms. The molecule has 0 aromatic heterocycles. The lowest BCUT2D eigenvalue weighted by Crippen LogP contribution is -1.81. The van der Waals surface area contributed by atoms with E-state index < -0.39 is 0 Å². The first kappa shape index (κ1) is 11.0. The zero-order valence-corrected chi connectivity index (χ0v) is 7.39. The summed E-state index contributed by atoms with van der Waals surface area (Å²) in [7, 11) is 0. The van der Waals surface area contributed by atoms with Crippen LogP contribution < -0.4 is 0 Å². The Morgan fingerprint density at radius 3 is 2.42 bits per heavy atom. The zero-order valence-electron chi connectivity index (χ0n) is 7.39. The Morgan fingerprint density at radius 1 is 1.17 bits per heavy atom. The largest absolute Gasteiger partial charge is 0.0871 e. The van der Waals surface area contributed by atoms with E-state index in [1.54, 1.807) is 0 Å². The van der Waals surface area contributed by atoms with E-state index in [0.29, 0.717) is 0 Å². The monoisotopic (exact) mass is 162 g/mol. The van der Waals surface area contributed by atoms with Crippen LogP contribution in [-0.4, -0.2) is 0 Å². The van der Waals surface area contributed by atoms with Gasteiger partial charge < -0.3 is 0 Å². The summed E-state index contributed by atoms with van der Waals surface area (Å²) in [6.45, 7) is 6.29. The quantitative estimate of drug-likeness (QED) is 0.586. The predicted molar refractivity (Wildman–Crippen MR) is 57.4 cm³/mol. The maximum absolute atomic E-state index is 2.20. The van der Waals surface area contributed by atoms with Crippen molar-refractivity contribution in [2.75, 3.05) is 0 Å². The van der Waals surface area contributed by atoms with Gasteiger partial charge in [0.15, 0.2) is 0 Å². The average Bonchev–Trinajstić information content (AvgIpc) is 1.98. The third-order valence-corrected chi connectivity index (χ3v) is 1.78. The minimum Gasteiger partial charge on any atom is -0.0871 e. The van der Waals surface area contributed by atoms with Gasteiger partial charge in [0.25, 0.3) is 0 Å². The molecule has 0 aliphatic carbocycles. The van der Waals surface area contributed by atoms with Crippen molar-refractivity contribution < 1.29 is 0 Å². The molecule has 0 saturated heterocycles. The van der Waals surface area contributed by atoms with Gasteiger partial charge in [-0.15, -0.1) is 0 Å².